The maximum Gasteiger partial charge on any atom is 0.309 e. The molecule has 1 saturated heterocycles. The van der Waals surface area contributed by atoms with Crippen LogP contribution in [0.5, 0.6) is 0 Å². The summed E-state index contributed by atoms with van der Waals surface area (Å²) in [4.78, 5) is 24.4. The second kappa shape index (κ2) is 4.49. The normalized spacial score (nSPS) is 22.9. The summed E-state index contributed by atoms with van der Waals surface area (Å²) in [6, 6.07) is 8.29. The zero-order valence-corrected chi connectivity index (χ0v) is 9.83. The van der Waals surface area contributed by atoms with Gasteiger partial charge in [-0.2, -0.15) is 5.26 Å². The van der Waals surface area contributed by atoms with Crippen molar-refractivity contribution in [1.82, 2.24) is 0 Å². The fourth-order valence-electron chi connectivity index (χ4n) is 2.29. The largest absolute Gasteiger partial charge is 0.481 e. The first-order valence-corrected chi connectivity index (χ1v) is 5.60. The highest BCUT2D eigenvalue weighted by molar-refractivity contribution is 6.01. The molecule has 1 N–H and O–H groups in total. The first-order valence-electron chi connectivity index (χ1n) is 5.60. The van der Waals surface area contributed by atoms with Crippen LogP contribution in [0.1, 0.15) is 18.9 Å². The molecule has 1 aromatic rings. The Bertz CT molecular complexity index is 547. The van der Waals surface area contributed by atoms with Gasteiger partial charge in [0.05, 0.1) is 17.2 Å². The number of para-hydroxylation sites is 1. The molecule has 1 aromatic carbocycles. The first-order chi connectivity index (χ1) is 8.56. The minimum Gasteiger partial charge on any atom is -0.481 e. The van der Waals surface area contributed by atoms with Gasteiger partial charge >= 0.3 is 5.97 Å². The third-order valence-electron chi connectivity index (χ3n) is 3.25. The van der Waals surface area contributed by atoms with E-state index >= 15 is 0 Å². The number of carbonyl (C=O) groups excluding carboxylic acids is 1. The summed E-state index contributed by atoms with van der Waals surface area (Å²) in [5.41, 5.74) is 0.866. The summed E-state index contributed by atoms with van der Waals surface area (Å²) in [6.45, 7) is 1.69. The number of rotatable bonds is 2. The van der Waals surface area contributed by atoms with Crippen molar-refractivity contribution < 1.29 is 14.7 Å². The number of carbonyl (C=O) groups is 2. The topological polar surface area (TPSA) is 81.4 Å². The van der Waals surface area contributed by atoms with Crippen molar-refractivity contribution in [2.24, 2.45) is 5.92 Å². The lowest BCUT2D eigenvalue weighted by molar-refractivity contribution is -0.142. The summed E-state index contributed by atoms with van der Waals surface area (Å²) in [6.07, 6.45) is -0.0176. The van der Waals surface area contributed by atoms with E-state index in [1.54, 1.807) is 31.2 Å². The molecule has 1 fully saturated rings. The fourth-order valence-corrected chi connectivity index (χ4v) is 2.29. The smallest absolute Gasteiger partial charge is 0.309 e. The summed E-state index contributed by atoms with van der Waals surface area (Å²) in [5.74, 6) is -1.95. The number of hydrogen-bond donors (Lipinski definition) is 1. The zero-order chi connectivity index (χ0) is 13.3. The molecule has 1 amide bonds. The van der Waals surface area contributed by atoms with Crippen molar-refractivity contribution in [1.29, 1.82) is 5.26 Å². The number of amides is 1. The lowest BCUT2D eigenvalue weighted by Gasteiger charge is -2.24. The predicted molar refractivity (Wildman–Crippen MR) is 63.8 cm³/mol. The van der Waals surface area contributed by atoms with Gasteiger partial charge in [-0.05, 0) is 19.1 Å². The molecule has 2 rings (SSSR count). The summed E-state index contributed by atoms with van der Waals surface area (Å²) < 4.78 is 0. The van der Waals surface area contributed by atoms with Gasteiger partial charge in [0.25, 0.3) is 0 Å². The molecule has 5 heteroatoms. The number of carboxylic acid groups (broad SMARTS) is 1. The number of hydrogen-bond acceptors (Lipinski definition) is 3. The molecule has 92 valence electrons. The fraction of sp³-hybridized carbons (Fsp3) is 0.308. The van der Waals surface area contributed by atoms with E-state index in [0.717, 1.165) is 0 Å². The van der Waals surface area contributed by atoms with Crippen LogP contribution in [-0.2, 0) is 9.59 Å². The van der Waals surface area contributed by atoms with Crippen molar-refractivity contribution in [3.8, 4) is 6.07 Å². The maximum absolute atomic E-state index is 11.9. The highest BCUT2D eigenvalue weighted by atomic mass is 16.4. The van der Waals surface area contributed by atoms with E-state index in [0.29, 0.717) is 11.3 Å². The third-order valence-corrected chi connectivity index (χ3v) is 3.25. The average molecular weight is 244 g/mol. The van der Waals surface area contributed by atoms with E-state index in [-0.39, 0.29) is 12.3 Å². The first kappa shape index (κ1) is 12.1. The van der Waals surface area contributed by atoms with Gasteiger partial charge in [0, 0.05) is 12.5 Å². The van der Waals surface area contributed by atoms with E-state index in [2.05, 4.69) is 0 Å². The molecule has 5 nitrogen and oxygen atoms in total. The van der Waals surface area contributed by atoms with Crippen LogP contribution in [0.15, 0.2) is 24.3 Å². The third kappa shape index (κ3) is 1.82. The lowest BCUT2D eigenvalue weighted by Crippen LogP contribution is -2.35. The standard InChI is InChI=1S/C13H12N2O3/c1-8-10(13(17)18)6-12(16)15(8)11-5-3-2-4-9(11)7-14/h2-5,8,10H,6H2,1H3,(H,17,18). The molecule has 2 unspecified atom stereocenters. The SMILES string of the molecule is CC1C(C(=O)O)CC(=O)N1c1ccccc1C#N. The van der Waals surface area contributed by atoms with Crippen LogP contribution in [0.25, 0.3) is 0 Å². The molecule has 0 aliphatic carbocycles. The molecule has 1 aliphatic rings. The Hall–Kier alpha value is -2.35. The van der Waals surface area contributed by atoms with Gasteiger partial charge in [-0.3, -0.25) is 9.59 Å². The average Bonchev–Trinajstić information content (AvgIpc) is 2.65. The second-order valence-electron chi connectivity index (χ2n) is 4.28. The highest BCUT2D eigenvalue weighted by Gasteiger charge is 2.42. The Morgan fingerprint density at radius 1 is 1.50 bits per heavy atom. The number of aliphatic carboxylic acids is 1. The molecular formula is C13H12N2O3. The molecule has 0 aromatic heterocycles. The molecule has 0 radical (unpaired) electrons. The van der Waals surface area contributed by atoms with Crippen molar-refractivity contribution in [3.63, 3.8) is 0 Å². The van der Waals surface area contributed by atoms with E-state index in [4.69, 9.17) is 10.4 Å². The molecule has 0 spiro atoms. The van der Waals surface area contributed by atoms with Crippen molar-refractivity contribution in [2.75, 3.05) is 4.90 Å². The monoisotopic (exact) mass is 244 g/mol. The lowest BCUT2D eigenvalue weighted by atomic mass is 10.0. The number of nitriles is 1. The molecule has 0 saturated carbocycles. The molecule has 1 aliphatic heterocycles. The quantitative estimate of drug-likeness (QED) is 0.852. The van der Waals surface area contributed by atoms with Gasteiger partial charge in [0.2, 0.25) is 5.91 Å². The zero-order valence-electron chi connectivity index (χ0n) is 9.83. The highest BCUT2D eigenvalue weighted by Crippen LogP contribution is 2.32. The van der Waals surface area contributed by atoms with E-state index < -0.39 is 17.9 Å². The summed E-state index contributed by atoms with van der Waals surface area (Å²) in [5, 5.41) is 18.1. The Balaban J connectivity index is 2.43. The minimum atomic E-state index is -0.979. The van der Waals surface area contributed by atoms with Crippen LogP contribution in [0.4, 0.5) is 5.69 Å². The maximum atomic E-state index is 11.9. The van der Waals surface area contributed by atoms with Crippen LogP contribution in [0.3, 0.4) is 0 Å². The van der Waals surface area contributed by atoms with Gasteiger partial charge in [-0.25, -0.2) is 0 Å². The van der Waals surface area contributed by atoms with Crippen LogP contribution in [0.2, 0.25) is 0 Å². The van der Waals surface area contributed by atoms with Crippen LogP contribution >= 0.6 is 0 Å². The van der Waals surface area contributed by atoms with Crippen molar-refractivity contribution in [2.45, 2.75) is 19.4 Å². The van der Waals surface area contributed by atoms with Crippen LogP contribution in [-0.4, -0.2) is 23.0 Å². The van der Waals surface area contributed by atoms with Gasteiger partial charge < -0.3 is 10.0 Å². The van der Waals surface area contributed by atoms with Gasteiger partial charge in [0.15, 0.2) is 0 Å². The van der Waals surface area contributed by atoms with Crippen molar-refractivity contribution >= 4 is 17.6 Å². The molecule has 0 bridgehead atoms. The van der Waals surface area contributed by atoms with Crippen LogP contribution in [0, 0.1) is 17.2 Å². The Morgan fingerprint density at radius 3 is 2.72 bits per heavy atom. The number of carboxylic acids is 1. The number of anilines is 1. The summed E-state index contributed by atoms with van der Waals surface area (Å²) in [7, 11) is 0. The molecular weight excluding hydrogens is 232 g/mol. The van der Waals surface area contributed by atoms with E-state index in [9.17, 15) is 9.59 Å². The molecule has 1 heterocycles. The molecule has 18 heavy (non-hydrogen) atoms. The Morgan fingerprint density at radius 2 is 2.17 bits per heavy atom. The van der Waals surface area contributed by atoms with Crippen LogP contribution < -0.4 is 4.90 Å². The predicted octanol–water partition coefficient (Wildman–Crippen LogP) is 1.38. The number of benzene rings is 1. The van der Waals surface area contributed by atoms with Gasteiger partial charge in [-0.15, -0.1) is 0 Å². The van der Waals surface area contributed by atoms with E-state index in [1.807, 2.05) is 6.07 Å². The minimum absolute atomic E-state index is 0.0176. The van der Waals surface area contributed by atoms with Gasteiger partial charge in [0.1, 0.15) is 6.07 Å². The number of nitrogens with zero attached hydrogens (tertiary/aromatic N) is 2. The summed E-state index contributed by atoms with van der Waals surface area (Å²) >= 11 is 0. The molecule has 2 atom stereocenters. The Labute approximate surface area is 104 Å². The van der Waals surface area contributed by atoms with Gasteiger partial charge in [-0.1, -0.05) is 12.1 Å². The van der Waals surface area contributed by atoms with E-state index in [1.165, 1.54) is 4.90 Å². The second-order valence-corrected chi connectivity index (χ2v) is 4.28. The van der Waals surface area contributed by atoms with Crippen molar-refractivity contribution in [3.05, 3.63) is 29.8 Å². The Kier molecular flexibility index (Phi) is 3.02.